The molecule has 0 radical (unpaired) electrons. The molecule has 0 heterocycles. The number of benzene rings is 2. The van der Waals surface area contributed by atoms with Crippen molar-refractivity contribution < 1.29 is 18.0 Å². The van der Waals surface area contributed by atoms with E-state index in [0.29, 0.717) is 27.7 Å². The summed E-state index contributed by atoms with van der Waals surface area (Å²) in [6.07, 6.45) is 1.38. The molecule has 34 heavy (non-hydrogen) atoms. The van der Waals surface area contributed by atoms with Crippen LogP contribution in [0.3, 0.4) is 0 Å². The van der Waals surface area contributed by atoms with E-state index >= 15 is 0 Å². The predicted molar refractivity (Wildman–Crippen MR) is 138 cm³/mol. The van der Waals surface area contributed by atoms with Gasteiger partial charge in [-0.25, -0.2) is 8.42 Å². The maximum atomic E-state index is 13.6. The van der Waals surface area contributed by atoms with Crippen LogP contribution in [0, 0.1) is 6.92 Å². The van der Waals surface area contributed by atoms with Gasteiger partial charge >= 0.3 is 0 Å². The van der Waals surface area contributed by atoms with Crippen LogP contribution in [0.5, 0.6) is 0 Å². The average molecular weight is 529 g/mol. The topological polar surface area (TPSA) is 86.8 Å². The lowest BCUT2D eigenvalue weighted by Crippen LogP contribution is -2.53. The number of sulfonamides is 1. The number of rotatable bonds is 10. The van der Waals surface area contributed by atoms with Gasteiger partial charge in [-0.3, -0.25) is 13.9 Å². The van der Waals surface area contributed by atoms with Crippen molar-refractivity contribution in [1.82, 2.24) is 10.2 Å². The molecular formula is C24H31Cl2N3O4S. The molecule has 0 aliphatic heterocycles. The van der Waals surface area contributed by atoms with Gasteiger partial charge in [0.05, 0.1) is 11.9 Å². The molecule has 10 heteroatoms. The number of nitrogens with one attached hydrogen (secondary N) is 1. The van der Waals surface area contributed by atoms with Crippen molar-refractivity contribution in [3.05, 3.63) is 63.6 Å². The largest absolute Gasteiger partial charge is 0.352 e. The first-order valence-electron chi connectivity index (χ1n) is 10.9. The van der Waals surface area contributed by atoms with Crippen LogP contribution in [0.4, 0.5) is 5.69 Å². The van der Waals surface area contributed by atoms with Gasteiger partial charge in [0, 0.05) is 22.6 Å². The molecule has 0 aliphatic carbocycles. The zero-order valence-electron chi connectivity index (χ0n) is 20.0. The van der Waals surface area contributed by atoms with Gasteiger partial charge in [-0.05, 0) is 57.0 Å². The van der Waals surface area contributed by atoms with E-state index in [2.05, 4.69) is 5.32 Å². The maximum Gasteiger partial charge on any atom is 0.244 e. The van der Waals surface area contributed by atoms with Crippen molar-refractivity contribution in [3.63, 3.8) is 0 Å². The lowest BCUT2D eigenvalue weighted by atomic mass is 10.1. The van der Waals surface area contributed by atoms with Crippen LogP contribution in [0.2, 0.25) is 10.0 Å². The van der Waals surface area contributed by atoms with Gasteiger partial charge in [-0.1, -0.05) is 53.9 Å². The second-order valence-electron chi connectivity index (χ2n) is 8.45. The minimum Gasteiger partial charge on any atom is -0.352 e. The number of amides is 2. The number of carbonyl (C=O) groups is 2. The zero-order chi connectivity index (χ0) is 25.6. The van der Waals surface area contributed by atoms with Crippen LogP contribution in [0.1, 0.15) is 38.3 Å². The third-order valence-corrected chi connectivity index (χ3v) is 6.90. The molecule has 186 valence electrons. The quantitative estimate of drug-likeness (QED) is 0.495. The fourth-order valence-corrected chi connectivity index (χ4v) is 4.78. The van der Waals surface area contributed by atoms with Gasteiger partial charge in [0.2, 0.25) is 21.8 Å². The summed E-state index contributed by atoms with van der Waals surface area (Å²) in [7, 11) is -3.78. The highest BCUT2D eigenvalue weighted by Crippen LogP contribution is 2.25. The van der Waals surface area contributed by atoms with E-state index in [1.165, 1.54) is 4.90 Å². The summed E-state index contributed by atoms with van der Waals surface area (Å²) in [5.41, 5.74) is 1.92. The van der Waals surface area contributed by atoms with Crippen LogP contribution in [0.25, 0.3) is 0 Å². The number of hydrogen-bond donors (Lipinski definition) is 1. The number of aryl methyl sites for hydroxylation is 1. The summed E-state index contributed by atoms with van der Waals surface area (Å²) in [5, 5.41) is 3.63. The minimum absolute atomic E-state index is 0.0182. The third kappa shape index (κ3) is 7.61. The number of nitrogens with zero attached hydrogens (tertiary/aromatic N) is 2. The summed E-state index contributed by atoms with van der Waals surface area (Å²) >= 11 is 12.4. The Kier molecular flexibility index (Phi) is 9.79. The molecule has 0 fully saturated rings. The van der Waals surface area contributed by atoms with Crippen molar-refractivity contribution in [1.29, 1.82) is 0 Å². The molecule has 0 spiro atoms. The Bertz CT molecular complexity index is 1120. The predicted octanol–water partition coefficient (Wildman–Crippen LogP) is 4.40. The molecule has 1 atom stereocenters. The van der Waals surface area contributed by atoms with Gasteiger partial charge in [0.1, 0.15) is 12.6 Å². The van der Waals surface area contributed by atoms with Crippen molar-refractivity contribution in [3.8, 4) is 0 Å². The van der Waals surface area contributed by atoms with E-state index in [0.717, 1.165) is 16.1 Å². The van der Waals surface area contributed by atoms with Crippen LogP contribution in [0.15, 0.2) is 42.5 Å². The summed E-state index contributed by atoms with van der Waals surface area (Å²) in [5.74, 6) is -0.847. The van der Waals surface area contributed by atoms with E-state index in [4.69, 9.17) is 23.2 Å². The maximum absolute atomic E-state index is 13.6. The fraction of sp³-hybridized carbons (Fsp3) is 0.417. The van der Waals surface area contributed by atoms with E-state index in [1.807, 2.05) is 20.8 Å². The van der Waals surface area contributed by atoms with Crippen LogP contribution < -0.4 is 9.62 Å². The molecule has 2 amide bonds. The van der Waals surface area contributed by atoms with E-state index in [1.54, 1.807) is 49.4 Å². The Morgan fingerprint density at radius 1 is 1.06 bits per heavy atom. The lowest BCUT2D eigenvalue weighted by molar-refractivity contribution is -0.140. The second kappa shape index (κ2) is 11.9. The molecule has 2 rings (SSSR count). The average Bonchev–Trinajstić information content (AvgIpc) is 2.72. The first-order valence-corrected chi connectivity index (χ1v) is 13.5. The SMILES string of the molecule is CC[C@H](C(=O)NC(C)C)N(Cc1ccc(Cl)cc1Cl)C(=O)CN(c1ccc(C)cc1)S(C)(=O)=O. The highest BCUT2D eigenvalue weighted by molar-refractivity contribution is 7.92. The summed E-state index contributed by atoms with van der Waals surface area (Å²) in [4.78, 5) is 27.9. The van der Waals surface area contributed by atoms with E-state index in [-0.39, 0.29) is 18.5 Å². The Balaban J connectivity index is 2.46. The number of carbonyl (C=O) groups excluding carboxylic acids is 2. The standard InChI is InChI=1S/C24H31Cl2N3O4S/c1-6-22(24(31)27-16(2)3)28(14-18-9-10-19(25)13-21(18)26)23(30)15-29(34(5,32)33)20-11-7-17(4)8-12-20/h7-13,16,22H,6,14-15H2,1-5H3,(H,27,31)/t22-/m1/s1. The van der Waals surface area contributed by atoms with Gasteiger partial charge in [-0.15, -0.1) is 0 Å². The lowest BCUT2D eigenvalue weighted by Gasteiger charge is -2.33. The molecule has 0 saturated carbocycles. The summed E-state index contributed by atoms with van der Waals surface area (Å²) < 4.78 is 26.2. The molecule has 0 bridgehead atoms. The molecule has 0 saturated heterocycles. The van der Waals surface area contributed by atoms with Crippen LogP contribution in [-0.2, 0) is 26.2 Å². The van der Waals surface area contributed by atoms with E-state index in [9.17, 15) is 18.0 Å². The number of hydrogen-bond acceptors (Lipinski definition) is 4. The molecule has 1 N–H and O–H groups in total. The Labute approximate surface area is 212 Å². The molecule has 0 unspecified atom stereocenters. The monoisotopic (exact) mass is 527 g/mol. The first-order chi connectivity index (χ1) is 15.8. The Morgan fingerprint density at radius 2 is 1.68 bits per heavy atom. The van der Waals surface area contributed by atoms with Crippen molar-refractivity contribution >= 4 is 50.7 Å². The normalized spacial score (nSPS) is 12.4. The number of anilines is 1. The van der Waals surface area contributed by atoms with Crippen LogP contribution in [-0.4, -0.2) is 50.0 Å². The summed E-state index contributed by atoms with van der Waals surface area (Å²) in [6.45, 7) is 6.90. The minimum atomic E-state index is -3.78. The second-order valence-corrected chi connectivity index (χ2v) is 11.2. The number of halogens is 2. The molecule has 0 aromatic heterocycles. The molecule has 2 aromatic rings. The van der Waals surface area contributed by atoms with Gasteiger partial charge in [0.25, 0.3) is 0 Å². The Morgan fingerprint density at radius 3 is 2.18 bits per heavy atom. The highest BCUT2D eigenvalue weighted by Gasteiger charge is 2.32. The molecule has 2 aromatic carbocycles. The van der Waals surface area contributed by atoms with E-state index < -0.39 is 28.5 Å². The van der Waals surface area contributed by atoms with Crippen molar-refractivity contribution in [2.24, 2.45) is 0 Å². The fourth-order valence-electron chi connectivity index (χ4n) is 3.46. The van der Waals surface area contributed by atoms with Gasteiger partial charge in [0.15, 0.2) is 0 Å². The van der Waals surface area contributed by atoms with Crippen LogP contribution >= 0.6 is 23.2 Å². The Hall–Kier alpha value is -2.29. The molecule has 0 aliphatic rings. The molecule has 7 nitrogen and oxygen atoms in total. The third-order valence-electron chi connectivity index (χ3n) is 5.17. The van der Waals surface area contributed by atoms with Gasteiger partial charge in [-0.2, -0.15) is 0 Å². The first kappa shape index (κ1) is 28.0. The zero-order valence-corrected chi connectivity index (χ0v) is 22.3. The van der Waals surface area contributed by atoms with Crippen molar-refractivity contribution in [2.45, 2.75) is 52.7 Å². The highest BCUT2D eigenvalue weighted by atomic mass is 35.5. The molecular weight excluding hydrogens is 497 g/mol. The van der Waals surface area contributed by atoms with Crippen molar-refractivity contribution in [2.75, 3.05) is 17.1 Å². The smallest absolute Gasteiger partial charge is 0.244 e. The van der Waals surface area contributed by atoms with Gasteiger partial charge < -0.3 is 10.2 Å². The summed E-state index contributed by atoms with van der Waals surface area (Å²) in [6, 6.07) is 10.8.